The molecule has 0 aliphatic heterocycles. The smallest absolute Gasteiger partial charge is 0.0474 e. The van der Waals surface area contributed by atoms with Crippen molar-refractivity contribution in [2.75, 3.05) is 0 Å². The molecule has 0 atom stereocenters. The van der Waals surface area contributed by atoms with E-state index < -0.39 is 0 Å². The van der Waals surface area contributed by atoms with Crippen LogP contribution in [0.5, 0.6) is 0 Å². The van der Waals surface area contributed by atoms with Crippen molar-refractivity contribution < 1.29 is 0 Å². The highest BCUT2D eigenvalue weighted by molar-refractivity contribution is 4.99. The number of hydrogen-bond donors (Lipinski definition) is 0. The van der Waals surface area contributed by atoms with Crippen molar-refractivity contribution >= 4 is 0 Å². The molecule has 0 fully saturated rings. The van der Waals surface area contributed by atoms with Gasteiger partial charge < -0.3 is 0 Å². The van der Waals surface area contributed by atoms with Gasteiger partial charge in [-0.05, 0) is 5.92 Å². The molecule has 18 heavy (non-hydrogen) atoms. The number of unbranched alkanes of at least 4 members (excludes halogenated alkanes) is 1. The van der Waals surface area contributed by atoms with E-state index >= 15 is 0 Å². The van der Waals surface area contributed by atoms with Gasteiger partial charge in [0.1, 0.15) is 0 Å². The summed E-state index contributed by atoms with van der Waals surface area (Å²) in [6.07, 6.45) is 5.19. The second-order valence-corrected chi connectivity index (χ2v) is 4.66. The zero-order valence-corrected chi connectivity index (χ0v) is 13.9. The van der Waals surface area contributed by atoms with E-state index in [4.69, 9.17) is 0 Å². The molecule has 1 aromatic rings. The van der Waals surface area contributed by atoms with Crippen LogP contribution in [0.4, 0.5) is 0 Å². The molecule has 1 rings (SSSR count). The molecule has 0 amide bonds. The lowest BCUT2D eigenvalue weighted by molar-refractivity contribution is 0.626. The summed E-state index contributed by atoms with van der Waals surface area (Å²) >= 11 is 0. The molecule has 0 saturated carbocycles. The third kappa shape index (κ3) is 45.5. The zero-order valence-electron chi connectivity index (χ0n) is 13.9. The quantitative estimate of drug-likeness (QED) is 0.533. The molecular formula is C18H36. The second-order valence-electron chi connectivity index (χ2n) is 4.66. The van der Waals surface area contributed by atoms with Gasteiger partial charge in [0.2, 0.25) is 0 Å². The third-order valence-electron chi connectivity index (χ3n) is 1.98. The molecule has 0 heterocycles. The van der Waals surface area contributed by atoms with Crippen LogP contribution in [0.3, 0.4) is 0 Å². The van der Waals surface area contributed by atoms with E-state index in [1.54, 1.807) is 0 Å². The molecule has 0 spiro atoms. The molecule has 0 unspecified atom stereocenters. The van der Waals surface area contributed by atoms with Crippen molar-refractivity contribution in [2.45, 2.75) is 74.1 Å². The molecule has 0 aliphatic rings. The fourth-order valence-electron chi connectivity index (χ4n) is 0.385. The van der Waals surface area contributed by atoms with Crippen LogP contribution in [0.2, 0.25) is 0 Å². The Kier molecular flexibility index (Phi) is 31.3. The zero-order chi connectivity index (χ0) is 14.6. The molecule has 0 N–H and O–H groups in total. The Bertz CT molecular complexity index is 148. The van der Waals surface area contributed by atoms with Crippen LogP contribution in [0, 0.1) is 5.92 Å². The van der Waals surface area contributed by atoms with Crippen LogP contribution >= 0.6 is 0 Å². The molecule has 0 aliphatic carbocycles. The second kappa shape index (κ2) is 25.2. The Hall–Kier alpha value is -0.780. The molecule has 0 bridgehead atoms. The first-order valence-electron chi connectivity index (χ1n) is 7.60. The van der Waals surface area contributed by atoms with Crippen LogP contribution in [0.25, 0.3) is 0 Å². The molecular weight excluding hydrogens is 216 g/mol. The first kappa shape index (κ1) is 22.4. The SMILES string of the molecule is CCC.CCC(C)C.CCCC.c1ccccc1. The van der Waals surface area contributed by atoms with Crippen LogP contribution in [-0.2, 0) is 0 Å². The first-order chi connectivity index (χ1) is 8.60. The van der Waals surface area contributed by atoms with Crippen molar-refractivity contribution in [3.63, 3.8) is 0 Å². The van der Waals surface area contributed by atoms with Gasteiger partial charge in [-0.25, -0.2) is 0 Å². The van der Waals surface area contributed by atoms with Crippen LogP contribution in [-0.4, -0.2) is 0 Å². The van der Waals surface area contributed by atoms with Gasteiger partial charge in [0.25, 0.3) is 0 Å². The molecule has 0 nitrogen and oxygen atoms in total. The van der Waals surface area contributed by atoms with Crippen LogP contribution in [0.15, 0.2) is 36.4 Å². The molecule has 0 radical (unpaired) electrons. The minimum Gasteiger partial charge on any atom is -0.0656 e. The fourth-order valence-corrected chi connectivity index (χ4v) is 0.385. The highest BCUT2D eigenvalue weighted by Crippen LogP contribution is 1.93. The normalized spacial score (nSPS) is 8.00. The summed E-state index contributed by atoms with van der Waals surface area (Å²) in [4.78, 5) is 0. The summed E-state index contributed by atoms with van der Waals surface area (Å²) in [6, 6.07) is 12.0. The average molecular weight is 252 g/mol. The van der Waals surface area contributed by atoms with Gasteiger partial charge >= 0.3 is 0 Å². The maximum atomic E-state index is 2.22. The van der Waals surface area contributed by atoms with Gasteiger partial charge in [0.15, 0.2) is 0 Å². The van der Waals surface area contributed by atoms with E-state index in [-0.39, 0.29) is 0 Å². The van der Waals surface area contributed by atoms with Crippen molar-refractivity contribution in [3.8, 4) is 0 Å². The van der Waals surface area contributed by atoms with Crippen molar-refractivity contribution in [1.29, 1.82) is 0 Å². The van der Waals surface area contributed by atoms with E-state index in [0.717, 1.165) is 5.92 Å². The average Bonchev–Trinajstić information content (AvgIpc) is 2.42. The summed E-state index contributed by atoms with van der Waals surface area (Å²) in [6.45, 7) is 15.3. The highest BCUT2D eigenvalue weighted by atomic mass is 13.9. The van der Waals surface area contributed by atoms with E-state index in [0.29, 0.717) is 0 Å². The third-order valence-corrected chi connectivity index (χ3v) is 1.98. The van der Waals surface area contributed by atoms with Gasteiger partial charge in [-0.2, -0.15) is 0 Å². The predicted octanol–water partition coefficient (Wildman–Crippen LogP) is 6.96. The first-order valence-corrected chi connectivity index (χ1v) is 7.60. The Morgan fingerprint density at radius 3 is 0.833 bits per heavy atom. The summed E-state index contributed by atoms with van der Waals surface area (Å²) in [5.41, 5.74) is 0. The molecule has 1 aromatic carbocycles. The van der Waals surface area contributed by atoms with Crippen molar-refractivity contribution in [1.82, 2.24) is 0 Å². The van der Waals surface area contributed by atoms with Crippen molar-refractivity contribution in [2.24, 2.45) is 5.92 Å². The van der Waals surface area contributed by atoms with E-state index in [2.05, 4.69) is 48.5 Å². The lowest BCUT2D eigenvalue weighted by atomic mass is 10.2. The maximum Gasteiger partial charge on any atom is -0.0474 e. The minimum absolute atomic E-state index is 0.884. The maximum absolute atomic E-state index is 2.22. The Labute approximate surface area is 117 Å². The van der Waals surface area contributed by atoms with E-state index in [9.17, 15) is 0 Å². The van der Waals surface area contributed by atoms with Crippen molar-refractivity contribution in [3.05, 3.63) is 36.4 Å². The Balaban J connectivity index is -0.000000173. The Morgan fingerprint density at radius 1 is 0.611 bits per heavy atom. The summed E-state index contributed by atoms with van der Waals surface area (Å²) in [5, 5.41) is 0. The molecule has 0 saturated heterocycles. The lowest BCUT2D eigenvalue weighted by Gasteiger charge is -1.90. The van der Waals surface area contributed by atoms with E-state index in [1.807, 2.05) is 36.4 Å². The van der Waals surface area contributed by atoms with Crippen LogP contribution < -0.4 is 0 Å². The monoisotopic (exact) mass is 252 g/mol. The molecule has 0 aromatic heterocycles. The van der Waals surface area contributed by atoms with Gasteiger partial charge in [-0.15, -0.1) is 0 Å². The number of hydrogen-bond acceptors (Lipinski definition) is 0. The highest BCUT2D eigenvalue weighted by Gasteiger charge is 1.80. The minimum atomic E-state index is 0.884. The summed E-state index contributed by atoms with van der Waals surface area (Å²) in [7, 11) is 0. The van der Waals surface area contributed by atoms with Gasteiger partial charge in [-0.3, -0.25) is 0 Å². The summed E-state index contributed by atoms with van der Waals surface area (Å²) < 4.78 is 0. The van der Waals surface area contributed by atoms with E-state index in [1.165, 1.54) is 25.7 Å². The standard InChI is InChI=1S/C6H6.C5H12.C4H10.C3H8/c1-2-4-6-5-3-1;1-4-5(2)3;1-3-4-2;1-3-2/h1-6H;5H,4H2,1-3H3;3-4H2,1-2H3;3H2,1-2H3. The lowest BCUT2D eigenvalue weighted by Crippen LogP contribution is -1.77. The number of benzene rings is 1. The molecule has 0 heteroatoms. The fraction of sp³-hybridized carbons (Fsp3) is 0.667. The van der Waals surface area contributed by atoms with Gasteiger partial charge in [-0.1, -0.05) is 111 Å². The number of rotatable bonds is 2. The summed E-state index contributed by atoms with van der Waals surface area (Å²) in [5.74, 6) is 0.884. The van der Waals surface area contributed by atoms with Gasteiger partial charge in [0.05, 0.1) is 0 Å². The van der Waals surface area contributed by atoms with Crippen LogP contribution in [0.1, 0.15) is 74.1 Å². The largest absolute Gasteiger partial charge is 0.0656 e. The molecule has 108 valence electrons. The topological polar surface area (TPSA) is 0 Å². The van der Waals surface area contributed by atoms with Gasteiger partial charge in [0, 0.05) is 0 Å². The Morgan fingerprint density at radius 2 is 0.778 bits per heavy atom. The predicted molar refractivity (Wildman–Crippen MR) is 88.1 cm³/mol.